The van der Waals surface area contributed by atoms with Gasteiger partial charge in [-0.25, -0.2) is 0 Å². The maximum atomic E-state index is 12.4. The first-order valence-corrected chi connectivity index (χ1v) is 17.0. The van der Waals surface area contributed by atoms with Gasteiger partial charge in [0.25, 0.3) is 5.91 Å². The number of amides is 1. The summed E-state index contributed by atoms with van der Waals surface area (Å²) in [7, 11) is 0. The number of aromatic nitrogens is 4. The molecule has 0 radical (unpaired) electrons. The highest BCUT2D eigenvalue weighted by atomic mass is 32.2. The Balaban J connectivity index is 1.20. The molecule has 0 bridgehead atoms. The zero-order valence-corrected chi connectivity index (χ0v) is 28.0. The van der Waals surface area contributed by atoms with Crippen LogP contribution >= 0.6 is 11.8 Å². The summed E-state index contributed by atoms with van der Waals surface area (Å²) < 4.78 is 19.9. The van der Waals surface area contributed by atoms with Gasteiger partial charge < -0.3 is 24.6 Å². The highest BCUT2D eigenvalue weighted by Crippen LogP contribution is 2.40. The van der Waals surface area contributed by atoms with Gasteiger partial charge in [-0.1, -0.05) is 90.6 Å². The Morgan fingerprint density at radius 3 is 2.45 bits per heavy atom. The van der Waals surface area contributed by atoms with E-state index in [1.54, 1.807) is 11.6 Å². The van der Waals surface area contributed by atoms with Crippen molar-refractivity contribution in [2.24, 2.45) is 0 Å². The molecule has 2 N–H and O–H groups in total. The van der Waals surface area contributed by atoms with Gasteiger partial charge in [-0.2, -0.15) is 4.68 Å². The van der Waals surface area contributed by atoms with Gasteiger partial charge in [-0.15, -0.1) is 5.10 Å². The number of nitrogens with one attached hydrogen (secondary N) is 1. The fraction of sp³-hybridized carbons (Fsp3) is 0.270. The van der Waals surface area contributed by atoms with Crippen molar-refractivity contribution >= 4 is 23.6 Å². The molecule has 4 aromatic carbocycles. The van der Waals surface area contributed by atoms with Crippen molar-refractivity contribution in [2.75, 3.05) is 5.75 Å². The molecule has 1 aliphatic rings. The number of hydrogen-bond donors (Lipinski definition) is 2. The summed E-state index contributed by atoms with van der Waals surface area (Å²) in [6.07, 6.45) is -1.31. The number of carbonyl (C=O) groups is 2. The Morgan fingerprint density at radius 1 is 0.939 bits per heavy atom. The molecule has 4 atom stereocenters. The molecule has 1 aromatic heterocycles. The topological polar surface area (TPSA) is 138 Å². The lowest BCUT2D eigenvalue weighted by Gasteiger charge is -2.36. The van der Waals surface area contributed by atoms with Crippen molar-refractivity contribution in [3.05, 3.63) is 125 Å². The van der Waals surface area contributed by atoms with Crippen LogP contribution in [-0.4, -0.2) is 55.2 Å². The quantitative estimate of drug-likeness (QED) is 0.124. The molecule has 0 saturated carbocycles. The molecule has 11 nitrogen and oxygen atoms in total. The van der Waals surface area contributed by atoms with Gasteiger partial charge in [0.1, 0.15) is 0 Å². The summed E-state index contributed by atoms with van der Waals surface area (Å²) in [4.78, 5) is 23.6. The van der Waals surface area contributed by atoms with Gasteiger partial charge in [-0.05, 0) is 69.4 Å². The molecule has 2 heterocycles. The first-order chi connectivity index (χ1) is 23.9. The molecule has 49 heavy (non-hydrogen) atoms. The van der Waals surface area contributed by atoms with E-state index in [0.717, 1.165) is 39.1 Å². The highest BCUT2D eigenvalue weighted by Gasteiger charge is 2.33. The average Bonchev–Trinajstić information content (AvgIpc) is 3.62. The molecule has 0 unspecified atom stereocenters. The fourth-order valence-electron chi connectivity index (χ4n) is 5.55. The van der Waals surface area contributed by atoms with E-state index < -0.39 is 18.4 Å². The maximum absolute atomic E-state index is 12.4. The second kappa shape index (κ2) is 16.0. The first-order valence-electron chi connectivity index (χ1n) is 16.0. The van der Waals surface area contributed by atoms with Crippen molar-refractivity contribution < 1.29 is 28.9 Å². The number of tetrazole rings is 1. The number of aliphatic hydroxyl groups is 1. The van der Waals surface area contributed by atoms with Gasteiger partial charge in [0, 0.05) is 31.2 Å². The standard InChI is InChI=1S/C37H37N5O6S/c1-24(46-25(2)44)35(45)38-21-27-8-6-9-29(18-27)30-10-7-11-31(19-30)36-47-33(20-34(48-36)28-16-14-26(22-43)15-17-28)23-49-37-39-40-41-42(37)32-12-4-3-5-13-32/h3-19,24,33-34,36,43H,20-23H2,1-2H3,(H,38,45)/t24-,33-,34+,36+/m0/s1. The lowest BCUT2D eigenvalue weighted by molar-refractivity contribution is -0.245. The van der Waals surface area contributed by atoms with Crippen LogP contribution in [0.15, 0.2) is 108 Å². The average molecular weight is 680 g/mol. The minimum atomic E-state index is -0.870. The molecule has 12 heteroatoms. The monoisotopic (exact) mass is 679 g/mol. The summed E-state index contributed by atoms with van der Waals surface area (Å²) in [5.74, 6) is -0.266. The Morgan fingerprint density at radius 2 is 1.69 bits per heavy atom. The van der Waals surface area contributed by atoms with E-state index in [9.17, 15) is 14.7 Å². The predicted molar refractivity (Wildman–Crippen MR) is 183 cm³/mol. The van der Waals surface area contributed by atoms with Gasteiger partial charge in [0.05, 0.1) is 24.5 Å². The van der Waals surface area contributed by atoms with Gasteiger partial charge in [0.2, 0.25) is 5.16 Å². The van der Waals surface area contributed by atoms with Crippen LogP contribution in [0.1, 0.15) is 54.9 Å². The third kappa shape index (κ3) is 8.78. The molecule has 0 spiro atoms. The lowest BCUT2D eigenvalue weighted by atomic mass is 9.99. The second-order valence-electron chi connectivity index (χ2n) is 11.7. The largest absolute Gasteiger partial charge is 0.453 e. The van der Waals surface area contributed by atoms with Crippen LogP contribution in [0.25, 0.3) is 16.8 Å². The number of carbonyl (C=O) groups excluding carboxylic acids is 2. The Bertz CT molecular complexity index is 1870. The van der Waals surface area contributed by atoms with E-state index in [-0.39, 0.29) is 31.3 Å². The molecule has 252 valence electrons. The number of ether oxygens (including phenoxy) is 3. The van der Waals surface area contributed by atoms with Crippen LogP contribution in [0.2, 0.25) is 0 Å². The number of aliphatic hydroxyl groups excluding tert-OH is 1. The van der Waals surface area contributed by atoms with Gasteiger partial charge >= 0.3 is 5.97 Å². The van der Waals surface area contributed by atoms with E-state index in [4.69, 9.17) is 14.2 Å². The van der Waals surface area contributed by atoms with E-state index in [0.29, 0.717) is 17.3 Å². The first kappa shape index (κ1) is 34.0. The number of benzene rings is 4. The second-order valence-corrected chi connectivity index (χ2v) is 12.7. The Kier molecular flexibility index (Phi) is 11.1. The van der Waals surface area contributed by atoms with Crippen LogP contribution < -0.4 is 5.32 Å². The van der Waals surface area contributed by atoms with Crippen molar-refractivity contribution in [3.63, 3.8) is 0 Å². The highest BCUT2D eigenvalue weighted by molar-refractivity contribution is 7.99. The van der Waals surface area contributed by atoms with E-state index in [1.165, 1.54) is 18.7 Å². The molecular weight excluding hydrogens is 643 g/mol. The normalized spacial score (nSPS) is 18.1. The van der Waals surface area contributed by atoms with Crippen LogP contribution in [0.3, 0.4) is 0 Å². The van der Waals surface area contributed by atoms with E-state index in [2.05, 4.69) is 26.9 Å². The third-order valence-electron chi connectivity index (χ3n) is 8.05. The number of thioether (sulfide) groups is 1. The van der Waals surface area contributed by atoms with Crippen molar-refractivity contribution in [1.29, 1.82) is 0 Å². The van der Waals surface area contributed by atoms with Gasteiger partial charge in [-0.3, -0.25) is 9.59 Å². The van der Waals surface area contributed by atoms with Crippen LogP contribution in [0.5, 0.6) is 0 Å². The SMILES string of the molecule is CC(=O)O[C@@H](C)C(=O)NCc1cccc(-c2cccc([C@@H]3O[C@H](CSc4nnnn4-c4ccccc4)C[C@H](c4ccc(CO)cc4)O3)c2)c1. The molecule has 5 aromatic rings. The fourth-order valence-corrected chi connectivity index (χ4v) is 6.46. The Labute approximate surface area is 288 Å². The molecule has 1 aliphatic heterocycles. The van der Waals surface area contributed by atoms with Gasteiger partial charge in [0.15, 0.2) is 12.4 Å². The summed E-state index contributed by atoms with van der Waals surface area (Å²) in [6, 6.07) is 33.5. The van der Waals surface area contributed by atoms with Crippen molar-refractivity contribution in [1.82, 2.24) is 25.5 Å². The number of rotatable bonds is 12. The Hall–Kier alpha value is -4.88. The predicted octanol–water partition coefficient (Wildman–Crippen LogP) is 5.73. The van der Waals surface area contributed by atoms with Crippen molar-refractivity contribution in [3.8, 4) is 16.8 Å². The minimum absolute atomic E-state index is 0.0271. The molecule has 1 fully saturated rings. The van der Waals surface area contributed by atoms with Crippen LogP contribution in [0.4, 0.5) is 0 Å². The summed E-state index contributed by atoms with van der Waals surface area (Å²) in [6.45, 7) is 3.08. The zero-order chi connectivity index (χ0) is 34.2. The molecule has 1 amide bonds. The summed E-state index contributed by atoms with van der Waals surface area (Å²) in [5, 5.41) is 25.4. The minimum Gasteiger partial charge on any atom is -0.453 e. The molecule has 1 saturated heterocycles. The number of hydrogen-bond acceptors (Lipinski definition) is 10. The van der Waals surface area contributed by atoms with E-state index in [1.807, 2.05) is 97.1 Å². The number of nitrogens with zero attached hydrogens (tertiary/aromatic N) is 4. The summed E-state index contributed by atoms with van der Waals surface area (Å²) >= 11 is 1.53. The molecular formula is C37H37N5O6S. The van der Waals surface area contributed by atoms with Crippen LogP contribution in [0, 0.1) is 0 Å². The lowest BCUT2D eigenvalue weighted by Crippen LogP contribution is -2.35. The number of para-hydroxylation sites is 1. The molecule has 6 rings (SSSR count). The van der Waals surface area contributed by atoms with Crippen molar-refractivity contribution in [2.45, 2.75) is 63.2 Å². The summed E-state index contributed by atoms with van der Waals surface area (Å²) in [5.41, 5.74) is 6.42. The van der Waals surface area contributed by atoms with E-state index >= 15 is 0 Å². The van der Waals surface area contributed by atoms with Crippen LogP contribution in [-0.2, 0) is 37.0 Å². The zero-order valence-electron chi connectivity index (χ0n) is 27.1. The number of esters is 1. The molecule has 0 aliphatic carbocycles. The third-order valence-corrected chi connectivity index (χ3v) is 9.10. The maximum Gasteiger partial charge on any atom is 0.303 e. The smallest absolute Gasteiger partial charge is 0.303 e.